The van der Waals surface area contributed by atoms with Crippen LogP contribution in [0.1, 0.15) is 0 Å². The lowest BCUT2D eigenvalue weighted by molar-refractivity contribution is -0.385. The van der Waals surface area contributed by atoms with Crippen molar-refractivity contribution in [1.29, 1.82) is 0 Å². The summed E-state index contributed by atoms with van der Waals surface area (Å²) in [7, 11) is 0. The first-order valence-corrected chi connectivity index (χ1v) is 7.56. The number of aromatic hydroxyl groups is 3. The van der Waals surface area contributed by atoms with Gasteiger partial charge in [-0.15, -0.1) is 0 Å². The number of hydrogen-bond donors (Lipinski definition) is 3. The lowest BCUT2D eigenvalue weighted by Crippen LogP contribution is -1.96. The maximum atomic E-state index is 11.5. The molecule has 0 aliphatic heterocycles. The van der Waals surface area contributed by atoms with Crippen LogP contribution in [0.15, 0.2) is 54.6 Å². The Morgan fingerprint density at radius 1 is 0.800 bits per heavy atom. The van der Waals surface area contributed by atoms with Gasteiger partial charge >= 0.3 is 5.69 Å². The van der Waals surface area contributed by atoms with Gasteiger partial charge in [0.05, 0.1) is 4.92 Å². The van der Waals surface area contributed by atoms with Crippen LogP contribution < -0.4 is 0 Å². The van der Waals surface area contributed by atoms with E-state index in [0.717, 1.165) is 5.56 Å². The molecular formula is C18H12ClNO5. The number of benzene rings is 3. The molecule has 0 aromatic heterocycles. The Morgan fingerprint density at radius 2 is 1.36 bits per heavy atom. The Bertz CT molecular complexity index is 973. The Hall–Kier alpha value is -3.25. The van der Waals surface area contributed by atoms with Gasteiger partial charge in [0.1, 0.15) is 10.6 Å². The summed E-state index contributed by atoms with van der Waals surface area (Å²) >= 11 is 5.83. The van der Waals surface area contributed by atoms with Crippen molar-refractivity contribution in [3.63, 3.8) is 0 Å². The van der Waals surface area contributed by atoms with Crippen LogP contribution in [-0.2, 0) is 0 Å². The van der Waals surface area contributed by atoms with Gasteiger partial charge in [-0.2, -0.15) is 0 Å². The molecule has 0 bridgehead atoms. The van der Waals surface area contributed by atoms with Crippen LogP contribution in [-0.4, -0.2) is 20.2 Å². The molecule has 0 unspecified atom stereocenters. The van der Waals surface area contributed by atoms with Crippen molar-refractivity contribution >= 4 is 17.3 Å². The monoisotopic (exact) mass is 357 g/mol. The number of phenols is 3. The van der Waals surface area contributed by atoms with E-state index in [0.29, 0.717) is 11.1 Å². The maximum absolute atomic E-state index is 11.5. The van der Waals surface area contributed by atoms with Gasteiger partial charge in [0.15, 0.2) is 11.5 Å². The molecule has 3 N–H and O–H groups in total. The highest BCUT2D eigenvalue weighted by atomic mass is 35.5. The SMILES string of the molecule is O=[N+]([O-])c1c(O)c(O)c(Cl)c(O)c1-c1ccccc1-c1ccccc1. The van der Waals surface area contributed by atoms with Gasteiger partial charge in [-0.3, -0.25) is 10.1 Å². The smallest absolute Gasteiger partial charge is 0.326 e. The Morgan fingerprint density at radius 3 is 1.96 bits per heavy atom. The van der Waals surface area contributed by atoms with Crippen LogP contribution >= 0.6 is 11.6 Å². The van der Waals surface area contributed by atoms with E-state index in [1.165, 1.54) is 0 Å². The molecule has 6 nitrogen and oxygen atoms in total. The van der Waals surface area contributed by atoms with Gasteiger partial charge in [0.2, 0.25) is 5.75 Å². The quantitative estimate of drug-likeness (QED) is 0.273. The number of phenolic OH excluding ortho intramolecular Hbond substituents is 3. The number of rotatable bonds is 3. The Balaban J connectivity index is 2.42. The lowest BCUT2D eigenvalue weighted by atomic mass is 9.92. The summed E-state index contributed by atoms with van der Waals surface area (Å²) in [6.07, 6.45) is 0. The van der Waals surface area contributed by atoms with Crippen LogP contribution in [0.2, 0.25) is 5.02 Å². The highest BCUT2D eigenvalue weighted by Crippen LogP contribution is 2.54. The Kier molecular flexibility index (Phi) is 4.21. The van der Waals surface area contributed by atoms with Crippen molar-refractivity contribution in [3.05, 3.63) is 69.7 Å². The minimum absolute atomic E-state index is 0.259. The predicted molar refractivity (Wildman–Crippen MR) is 94.0 cm³/mol. The first-order valence-electron chi connectivity index (χ1n) is 7.19. The molecule has 126 valence electrons. The largest absolute Gasteiger partial charge is 0.505 e. The standard InChI is InChI=1S/C18H12ClNO5/c19-14-16(21)13(15(20(24)25)18(23)17(14)22)12-9-5-4-8-11(12)10-6-2-1-3-7-10/h1-9,21-23H. The molecule has 0 radical (unpaired) electrons. The van der Waals surface area contributed by atoms with E-state index in [1.54, 1.807) is 24.3 Å². The van der Waals surface area contributed by atoms with Gasteiger partial charge < -0.3 is 15.3 Å². The van der Waals surface area contributed by atoms with Gasteiger partial charge in [-0.1, -0.05) is 66.2 Å². The molecule has 25 heavy (non-hydrogen) atoms. The zero-order valence-corrected chi connectivity index (χ0v) is 13.4. The van der Waals surface area contributed by atoms with Crippen molar-refractivity contribution in [2.24, 2.45) is 0 Å². The number of hydrogen-bond acceptors (Lipinski definition) is 5. The number of nitrogens with zero attached hydrogens (tertiary/aromatic N) is 1. The predicted octanol–water partition coefficient (Wildman–Crippen LogP) is 4.70. The molecule has 0 atom stereocenters. The summed E-state index contributed by atoms with van der Waals surface area (Å²) in [6.45, 7) is 0. The number of halogens is 1. The van der Waals surface area contributed by atoms with Gasteiger partial charge in [0.25, 0.3) is 0 Å². The summed E-state index contributed by atoms with van der Waals surface area (Å²) in [6, 6.07) is 15.7. The summed E-state index contributed by atoms with van der Waals surface area (Å²) < 4.78 is 0. The minimum atomic E-state index is -0.995. The van der Waals surface area contributed by atoms with E-state index in [4.69, 9.17) is 11.6 Å². The summed E-state index contributed by atoms with van der Waals surface area (Å²) in [5.41, 5.74) is 0.584. The average molecular weight is 358 g/mol. The van der Waals surface area contributed by atoms with Crippen LogP contribution in [0.3, 0.4) is 0 Å². The first kappa shape index (κ1) is 16.6. The third-order valence-corrected chi connectivity index (χ3v) is 4.16. The fourth-order valence-electron chi connectivity index (χ4n) is 2.67. The third-order valence-electron chi connectivity index (χ3n) is 3.80. The van der Waals surface area contributed by atoms with E-state index in [9.17, 15) is 25.4 Å². The highest BCUT2D eigenvalue weighted by Gasteiger charge is 2.32. The third kappa shape index (κ3) is 2.72. The highest BCUT2D eigenvalue weighted by molar-refractivity contribution is 6.34. The summed E-state index contributed by atoms with van der Waals surface area (Å²) in [4.78, 5) is 10.6. The van der Waals surface area contributed by atoms with E-state index >= 15 is 0 Å². The van der Waals surface area contributed by atoms with E-state index < -0.39 is 32.9 Å². The van der Waals surface area contributed by atoms with Crippen molar-refractivity contribution in [2.45, 2.75) is 0 Å². The second-order valence-corrected chi connectivity index (χ2v) is 5.63. The molecule has 0 aliphatic carbocycles. The van der Waals surface area contributed by atoms with E-state index in [2.05, 4.69) is 0 Å². The van der Waals surface area contributed by atoms with E-state index in [1.807, 2.05) is 30.3 Å². The lowest BCUT2D eigenvalue weighted by Gasteiger charge is -2.14. The van der Waals surface area contributed by atoms with Crippen LogP contribution in [0.25, 0.3) is 22.3 Å². The molecule has 0 spiro atoms. The fourth-order valence-corrected chi connectivity index (χ4v) is 2.86. The zero-order chi connectivity index (χ0) is 18.1. The van der Waals surface area contributed by atoms with Crippen molar-refractivity contribution in [3.8, 4) is 39.5 Å². The minimum Gasteiger partial charge on any atom is -0.505 e. The maximum Gasteiger partial charge on any atom is 0.326 e. The molecule has 0 saturated carbocycles. The summed E-state index contributed by atoms with van der Waals surface area (Å²) in [5.74, 6) is -2.61. The zero-order valence-electron chi connectivity index (χ0n) is 12.7. The van der Waals surface area contributed by atoms with Gasteiger partial charge in [-0.25, -0.2) is 0 Å². The molecule has 0 aliphatic rings. The van der Waals surface area contributed by atoms with Crippen LogP contribution in [0.4, 0.5) is 5.69 Å². The average Bonchev–Trinajstić information content (AvgIpc) is 2.63. The fraction of sp³-hybridized carbons (Fsp3) is 0. The first-order chi connectivity index (χ1) is 11.9. The van der Waals surface area contributed by atoms with Crippen LogP contribution in [0, 0.1) is 10.1 Å². The number of nitro groups is 1. The Labute approximate surface area is 147 Å². The van der Waals surface area contributed by atoms with Crippen molar-refractivity contribution < 1.29 is 20.2 Å². The molecule has 7 heteroatoms. The molecule has 0 heterocycles. The van der Waals surface area contributed by atoms with E-state index in [-0.39, 0.29) is 5.56 Å². The molecule has 0 saturated heterocycles. The molecule has 0 amide bonds. The topological polar surface area (TPSA) is 104 Å². The molecular weight excluding hydrogens is 346 g/mol. The molecule has 3 aromatic carbocycles. The second kappa shape index (κ2) is 6.33. The van der Waals surface area contributed by atoms with Crippen LogP contribution in [0.5, 0.6) is 17.2 Å². The van der Waals surface area contributed by atoms with Gasteiger partial charge in [0, 0.05) is 5.56 Å². The number of nitro benzene ring substituents is 1. The summed E-state index contributed by atoms with van der Waals surface area (Å²) in [5, 5.41) is 41.0. The normalized spacial score (nSPS) is 10.6. The van der Waals surface area contributed by atoms with Crippen molar-refractivity contribution in [1.82, 2.24) is 0 Å². The molecule has 3 aromatic rings. The molecule has 0 fully saturated rings. The van der Waals surface area contributed by atoms with Crippen molar-refractivity contribution in [2.75, 3.05) is 0 Å². The van der Waals surface area contributed by atoms with Gasteiger partial charge in [-0.05, 0) is 11.1 Å². The second-order valence-electron chi connectivity index (χ2n) is 5.25. The molecule has 3 rings (SSSR count).